The van der Waals surface area contributed by atoms with Gasteiger partial charge in [-0.15, -0.1) is 0 Å². The molecule has 5 nitrogen and oxygen atoms in total. The van der Waals surface area contributed by atoms with Gasteiger partial charge in [0.15, 0.2) is 0 Å². The number of rotatable bonds is 7. The summed E-state index contributed by atoms with van der Waals surface area (Å²) in [6.45, 7) is 2.66. The molecule has 6 heteroatoms. The van der Waals surface area contributed by atoms with Gasteiger partial charge in [0.2, 0.25) is 5.88 Å². The number of nitrogens with zero attached hydrogens (tertiary/aromatic N) is 1. The van der Waals surface area contributed by atoms with Crippen LogP contribution in [0.3, 0.4) is 0 Å². The van der Waals surface area contributed by atoms with E-state index in [1.54, 1.807) is 33.6 Å². The van der Waals surface area contributed by atoms with Crippen molar-refractivity contribution in [3.8, 4) is 17.4 Å². The van der Waals surface area contributed by atoms with Gasteiger partial charge in [-0.05, 0) is 19.1 Å². The van der Waals surface area contributed by atoms with Crippen LogP contribution in [0, 0.1) is 0 Å². The first-order valence-corrected chi connectivity index (χ1v) is 7.61. The highest BCUT2D eigenvalue weighted by atomic mass is 35.5. The fourth-order valence-electron chi connectivity index (χ4n) is 2.34. The molecule has 23 heavy (non-hydrogen) atoms. The van der Waals surface area contributed by atoms with E-state index in [9.17, 15) is 0 Å². The number of benzene rings is 1. The van der Waals surface area contributed by atoms with E-state index in [2.05, 4.69) is 10.3 Å². The Labute approximate surface area is 141 Å². The van der Waals surface area contributed by atoms with Crippen LogP contribution in [-0.2, 0) is 6.54 Å². The van der Waals surface area contributed by atoms with Crippen molar-refractivity contribution >= 4 is 11.6 Å². The van der Waals surface area contributed by atoms with E-state index in [1.165, 1.54) is 0 Å². The normalized spacial score (nSPS) is 11.9. The van der Waals surface area contributed by atoms with E-state index in [1.807, 2.05) is 25.1 Å². The quantitative estimate of drug-likeness (QED) is 0.837. The summed E-state index contributed by atoms with van der Waals surface area (Å²) in [5.41, 5.74) is 1.95. The summed E-state index contributed by atoms with van der Waals surface area (Å²) in [5.74, 6) is 1.93. The van der Waals surface area contributed by atoms with E-state index < -0.39 is 0 Å². The zero-order chi connectivity index (χ0) is 16.8. The van der Waals surface area contributed by atoms with Gasteiger partial charge in [-0.25, -0.2) is 4.98 Å². The molecule has 0 radical (unpaired) electrons. The lowest BCUT2D eigenvalue weighted by Gasteiger charge is -2.19. The number of hydrogen-bond acceptors (Lipinski definition) is 5. The predicted octanol–water partition coefficient (Wildman–Crippen LogP) is 3.61. The molecule has 0 bridgehead atoms. The SMILES string of the molecule is COc1cc(OC)c([C@H](C)NCc2cccnc2OC)cc1Cl. The van der Waals surface area contributed by atoms with Crippen LogP contribution >= 0.6 is 11.6 Å². The monoisotopic (exact) mass is 336 g/mol. The van der Waals surface area contributed by atoms with Crippen molar-refractivity contribution in [3.63, 3.8) is 0 Å². The van der Waals surface area contributed by atoms with Crippen LogP contribution in [0.1, 0.15) is 24.1 Å². The standard InChI is InChI=1S/C17H21ClN2O3/c1-11(20-10-12-6-5-7-19-17(12)23-4)13-8-14(18)16(22-3)9-15(13)21-2/h5-9,11,20H,10H2,1-4H3/t11-/m0/s1. The van der Waals surface area contributed by atoms with Crippen molar-refractivity contribution in [1.29, 1.82) is 0 Å². The van der Waals surface area contributed by atoms with Crippen molar-refractivity contribution in [2.45, 2.75) is 19.5 Å². The lowest BCUT2D eigenvalue weighted by atomic mass is 10.1. The van der Waals surface area contributed by atoms with E-state index in [0.717, 1.165) is 16.9 Å². The zero-order valence-corrected chi connectivity index (χ0v) is 14.5. The molecule has 1 atom stereocenters. The summed E-state index contributed by atoms with van der Waals surface area (Å²) in [6, 6.07) is 7.54. The first-order chi connectivity index (χ1) is 11.1. The highest BCUT2D eigenvalue weighted by Gasteiger charge is 2.16. The molecule has 1 aromatic heterocycles. The number of halogens is 1. The summed E-state index contributed by atoms with van der Waals surface area (Å²) in [5, 5.41) is 3.98. The van der Waals surface area contributed by atoms with Gasteiger partial charge in [0.1, 0.15) is 11.5 Å². The Kier molecular flexibility index (Phi) is 6.07. The Morgan fingerprint density at radius 2 is 1.87 bits per heavy atom. The second kappa shape index (κ2) is 8.04. The van der Waals surface area contributed by atoms with E-state index in [4.69, 9.17) is 25.8 Å². The minimum absolute atomic E-state index is 0.0262. The Balaban J connectivity index is 2.17. The molecule has 0 saturated carbocycles. The van der Waals surface area contributed by atoms with Crippen molar-refractivity contribution in [2.75, 3.05) is 21.3 Å². The van der Waals surface area contributed by atoms with Crippen LogP contribution in [0.25, 0.3) is 0 Å². The lowest BCUT2D eigenvalue weighted by molar-refractivity contribution is 0.382. The maximum absolute atomic E-state index is 6.23. The summed E-state index contributed by atoms with van der Waals surface area (Å²) in [7, 11) is 4.82. The van der Waals surface area contributed by atoms with Gasteiger partial charge in [0.05, 0.1) is 26.4 Å². The topological polar surface area (TPSA) is 52.6 Å². The van der Waals surface area contributed by atoms with Crippen molar-refractivity contribution < 1.29 is 14.2 Å². The zero-order valence-electron chi connectivity index (χ0n) is 13.7. The number of hydrogen-bond donors (Lipinski definition) is 1. The maximum atomic E-state index is 6.23. The molecule has 0 fully saturated rings. The minimum atomic E-state index is 0.0262. The molecule has 2 rings (SSSR count). The molecule has 0 aliphatic carbocycles. The third kappa shape index (κ3) is 4.06. The summed E-state index contributed by atoms with van der Waals surface area (Å²) < 4.78 is 15.9. The lowest BCUT2D eigenvalue weighted by Crippen LogP contribution is -2.19. The van der Waals surface area contributed by atoms with E-state index in [-0.39, 0.29) is 6.04 Å². The third-order valence-electron chi connectivity index (χ3n) is 3.61. The molecule has 1 heterocycles. The highest BCUT2D eigenvalue weighted by molar-refractivity contribution is 6.32. The van der Waals surface area contributed by atoms with Crippen LogP contribution in [-0.4, -0.2) is 26.3 Å². The molecule has 0 amide bonds. The average Bonchev–Trinajstić information content (AvgIpc) is 2.59. The van der Waals surface area contributed by atoms with Crippen molar-refractivity contribution in [3.05, 3.63) is 46.6 Å². The Morgan fingerprint density at radius 1 is 1.13 bits per heavy atom. The van der Waals surface area contributed by atoms with Gasteiger partial charge in [0, 0.05) is 36.0 Å². The molecule has 124 valence electrons. The molecule has 0 saturated heterocycles. The molecule has 0 spiro atoms. The van der Waals surface area contributed by atoms with Crippen molar-refractivity contribution in [1.82, 2.24) is 10.3 Å². The highest BCUT2D eigenvalue weighted by Crippen LogP contribution is 2.35. The number of aromatic nitrogens is 1. The fourth-order valence-corrected chi connectivity index (χ4v) is 2.59. The Hall–Kier alpha value is -1.98. The first-order valence-electron chi connectivity index (χ1n) is 7.23. The van der Waals surface area contributed by atoms with Crippen molar-refractivity contribution in [2.24, 2.45) is 0 Å². The largest absolute Gasteiger partial charge is 0.496 e. The summed E-state index contributed by atoms with van der Waals surface area (Å²) >= 11 is 6.23. The molecule has 0 unspecified atom stereocenters. The van der Waals surface area contributed by atoms with E-state index in [0.29, 0.717) is 23.2 Å². The van der Waals surface area contributed by atoms with Gasteiger partial charge in [0.25, 0.3) is 0 Å². The number of ether oxygens (including phenoxy) is 3. The predicted molar refractivity (Wildman–Crippen MR) is 90.6 cm³/mol. The number of methoxy groups -OCH3 is 3. The second-order valence-electron chi connectivity index (χ2n) is 5.00. The molecule has 2 aromatic rings. The summed E-state index contributed by atoms with van der Waals surface area (Å²) in [6.07, 6.45) is 1.71. The van der Waals surface area contributed by atoms with Crippen LogP contribution in [0.2, 0.25) is 5.02 Å². The van der Waals surface area contributed by atoms with Gasteiger partial charge < -0.3 is 19.5 Å². The smallest absolute Gasteiger partial charge is 0.217 e. The number of pyridine rings is 1. The van der Waals surface area contributed by atoms with E-state index >= 15 is 0 Å². The molecule has 1 N–H and O–H groups in total. The van der Waals surface area contributed by atoms with Gasteiger partial charge in [-0.3, -0.25) is 0 Å². The fraction of sp³-hybridized carbons (Fsp3) is 0.353. The van der Waals surface area contributed by atoms with Gasteiger partial charge >= 0.3 is 0 Å². The third-order valence-corrected chi connectivity index (χ3v) is 3.91. The second-order valence-corrected chi connectivity index (χ2v) is 5.41. The first kappa shape index (κ1) is 17.4. The Morgan fingerprint density at radius 3 is 2.52 bits per heavy atom. The average molecular weight is 337 g/mol. The van der Waals surface area contributed by atoms with Gasteiger partial charge in [-0.2, -0.15) is 0 Å². The van der Waals surface area contributed by atoms with Crippen LogP contribution < -0.4 is 19.5 Å². The molecule has 0 aliphatic heterocycles. The maximum Gasteiger partial charge on any atom is 0.217 e. The number of nitrogens with one attached hydrogen (secondary N) is 1. The molecular weight excluding hydrogens is 316 g/mol. The van der Waals surface area contributed by atoms with Crippen LogP contribution in [0.5, 0.6) is 17.4 Å². The van der Waals surface area contributed by atoms with Gasteiger partial charge in [-0.1, -0.05) is 17.7 Å². The molecule has 1 aromatic carbocycles. The van der Waals surface area contributed by atoms with Crippen LogP contribution in [0.15, 0.2) is 30.5 Å². The molecular formula is C17H21ClN2O3. The minimum Gasteiger partial charge on any atom is -0.496 e. The van der Waals surface area contributed by atoms with Crippen LogP contribution in [0.4, 0.5) is 0 Å². The summed E-state index contributed by atoms with van der Waals surface area (Å²) in [4.78, 5) is 4.19. The Bertz CT molecular complexity index is 664. The molecule has 0 aliphatic rings.